The van der Waals surface area contributed by atoms with Gasteiger partial charge in [-0.2, -0.15) is 0 Å². The van der Waals surface area contributed by atoms with Crippen molar-refractivity contribution in [2.45, 2.75) is 13.3 Å². The molecule has 1 saturated heterocycles. The average molecular weight is 185 g/mol. The van der Waals surface area contributed by atoms with Crippen molar-refractivity contribution >= 4 is 6.03 Å². The fourth-order valence-electron chi connectivity index (χ4n) is 1.43. The van der Waals surface area contributed by atoms with E-state index in [1.54, 1.807) is 4.90 Å². The molecule has 0 aromatic carbocycles. The Morgan fingerprint density at radius 3 is 2.69 bits per heavy atom. The molecule has 0 unspecified atom stereocenters. The monoisotopic (exact) mass is 185 g/mol. The molecule has 0 spiro atoms. The van der Waals surface area contributed by atoms with Gasteiger partial charge in [-0.3, -0.25) is 0 Å². The molecule has 1 rings (SSSR count). The molecule has 13 heavy (non-hydrogen) atoms. The highest BCUT2D eigenvalue weighted by molar-refractivity contribution is 5.76. The van der Waals surface area contributed by atoms with E-state index in [1.165, 1.54) is 0 Å². The van der Waals surface area contributed by atoms with Gasteiger partial charge in [-0.15, -0.1) is 0 Å². The number of urea groups is 1. The van der Waals surface area contributed by atoms with Crippen LogP contribution in [0.2, 0.25) is 0 Å². The molecule has 0 atom stereocenters. The van der Waals surface area contributed by atoms with Gasteiger partial charge in [0.2, 0.25) is 0 Å². The lowest BCUT2D eigenvalue weighted by Gasteiger charge is -2.15. The Morgan fingerprint density at radius 1 is 1.38 bits per heavy atom. The summed E-state index contributed by atoms with van der Waals surface area (Å²) in [7, 11) is 1.85. The quantitative estimate of drug-likeness (QED) is 0.627. The van der Waals surface area contributed by atoms with Crippen molar-refractivity contribution in [3.8, 4) is 0 Å². The molecule has 0 saturated carbocycles. The number of hydrogen-bond acceptors (Lipinski definition) is 2. The number of carbonyl (C=O) groups is 1. The zero-order valence-corrected chi connectivity index (χ0v) is 8.55. The highest BCUT2D eigenvalue weighted by atomic mass is 16.2. The maximum atomic E-state index is 11.4. The lowest BCUT2D eigenvalue weighted by atomic mass is 10.4. The average Bonchev–Trinajstić information content (AvgIpc) is 2.43. The second-order valence-corrected chi connectivity index (χ2v) is 3.44. The Bertz CT molecular complexity index is 172. The predicted octanol–water partition coefficient (Wildman–Crippen LogP) is 0.353. The summed E-state index contributed by atoms with van der Waals surface area (Å²) in [5, 5.41) is 3.28. The van der Waals surface area contributed by atoms with E-state index in [1.807, 2.05) is 11.9 Å². The van der Waals surface area contributed by atoms with E-state index in [0.29, 0.717) is 0 Å². The third kappa shape index (κ3) is 2.88. The van der Waals surface area contributed by atoms with Gasteiger partial charge < -0.3 is 15.1 Å². The Balaban J connectivity index is 2.12. The van der Waals surface area contributed by atoms with Crippen LogP contribution in [0.15, 0.2) is 0 Å². The fraction of sp³-hybridized carbons (Fsp3) is 0.889. The molecule has 2 amide bonds. The minimum absolute atomic E-state index is 0.165. The molecule has 0 aliphatic carbocycles. The lowest BCUT2D eigenvalue weighted by Crippen LogP contribution is -2.35. The van der Waals surface area contributed by atoms with E-state index in [-0.39, 0.29) is 6.03 Å². The van der Waals surface area contributed by atoms with E-state index >= 15 is 0 Å². The molecule has 1 aliphatic heterocycles. The molecule has 1 heterocycles. The highest BCUT2D eigenvalue weighted by Gasteiger charge is 2.23. The van der Waals surface area contributed by atoms with Gasteiger partial charge in [0.1, 0.15) is 0 Å². The number of hydrogen-bond donors (Lipinski definition) is 1. The molecule has 1 N–H and O–H groups in total. The summed E-state index contributed by atoms with van der Waals surface area (Å²) in [5.41, 5.74) is 0. The number of rotatable bonds is 5. The standard InChI is InChI=1S/C9H19N3O/c1-3-4-10-5-6-12-8-7-11(2)9(12)13/h10H,3-8H2,1-2H3. The zero-order chi connectivity index (χ0) is 9.68. The van der Waals surface area contributed by atoms with Crippen LogP contribution >= 0.6 is 0 Å². The summed E-state index contributed by atoms with van der Waals surface area (Å²) in [6.07, 6.45) is 1.15. The topological polar surface area (TPSA) is 35.6 Å². The zero-order valence-electron chi connectivity index (χ0n) is 8.55. The summed E-state index contributed by atoms with van der Waals surface area (Å²) in [6, 6.07) is 0.165. The van der Waals surface area contributed by atoms with Crippen molar-refractivity contribution in [1.82, 2.24) is 15.1 Å². The van der Waals surface area contributed by atoms with E-state index in [9.17, 15) is 4.79 Å². The molecule has 4 nitrogen and oxygen atoms in total. The highest BCUT2D eigenvalue weighted by Crippen LogP contribution is 2.04. The molecule has 1 aliphatic rings. The molecule has 0 radical (unpaired) electrons. The van der Waals surface area contributed by atoms with Gasteiger partial charge in [-0.25, -0.2) is 4.79 Å². The number of nitrogens with one attached hydrogen (secondary N) is 1. The fourth-order valence-corrected chi connectivity index (χ4v) is 1.43. The summed E-state index contributed by atoms with van der Waals surface area (Å²) < 4.78 is 0. The predicted molar refractivity (Wildman–Crippen MR) is 52.8 cm³/mol. The van der Waals surface area contributed by atoms with E-state index in [2.05, 4.69) is 12.2 Å². The maximum absolute atomic E-state index is 11.4. The SMILES string of the molecule is CCCNCCN1CCN(C)C1=O. The Kier molecular flexibility index (Phi) is 4.02. The molecule has 1 fully saturated rings. The number of carbonyl (C=O) groups excluding carboxylic acids is 1. The van der Waals surface area contributed by atoms with E-state index < -0.39 is 0 Å². The van der Waals surface area contributed by atoms with Crippen LogP contribution in [0.5, 0.6) is 0 Å². The largest absolute Gasteiger partial charge is 0.326 e. The minimum atomic E-state index is 0.165. The van der Waals surface area contributed by atoms with Crippen molar-refractivity contribution in [1.29, 1.82) is 0 Å². The van der Waals surface area contributed by atoms with Crippen LogP contribution in [0.1, 0.15) is 13.3 Å². The molecule has 0 aromatic heterocycles. The first-order chi connectivity index (χ1) is 6.25. The van der Waals surface area contributed by atoms with Crippen molar-refractivity contribution < 1.29 is 4.79 Å². The molecule has 0 aromatic rings. The summed E-state index contributed by atoms with van der Waals surface area (Å²) in [5.74, 6) is 0. The number of likely N-dealkylation sites (N-methyl/N-ethyl adjacent to an activating group) is 1. The van der Waals surface area contributed by atoms with Crippen molar-refractivity contribution in [2.24, 2.45) is 0 Å². The van der Waals surface area contributed by atoms with Gasteiger partial charge in [0, 0.05) is 33.2 Å². The van der Waals surface area contributed by atoms with Gasteiger partial charge in [-0.05, 0) is 13.0 Å². The molecule has 76 valence electrons. The number of amides is 2. The van der Waals surface area contributed by atoms with Crippen molar-refractivity contribution in [2.75, 3.05) is 39.8 Å². The van der Waals surface area contributed by atoms with Crippen LogP contribution < -0.4 is 5.32 Å². The molecular formula is C9H19N3O. The lowest BCUT2D eigenvalue weighted by molar-refractivity contribution is 0.198. The third-order valence-electron chi connectivity index (χ3n) is 2.29. The third-order valence-corrected chi connectivity index (χ3v) is 2.29. The van der Waals surface area contributed by atoms with Crippen LogP contribution in [0.3, 0.4) is 0 Å². The molecule has 0 bridgehead atoms. The van der Waals surface area contributed by atoms with Gasteiger partial charge >= 0.3 is 6.03 Å². The van der Waals surface area contributed by atoms with Crippen LogP contribution in [0.4, 0.5) is 4.79 Å². The maximum Gasteiger partial charge on any atom is 0.319 e. The summed E-state index contributed by atoms with van der Waals surface area (Å²) >= 11 is 0. The Morgan fingerprint density at radius 2 is 2.15 bits per heavy atom. The molecular weight excluding hydrogens is 166 g/mol. The first-order valence-corrected chi connectivity index (χ1v) is 4.96. The van der Waals surface area contributed by atoms with E-state index in [4.69, 9.17) is 0 Å². The summed E-state index contributed by atoms with van der Waals surface area (Å²) in [6.45, 7) is 6.67. The first kappa shape index (κ1) is 10.3. The van der Waals surface area contributed by atoms with Gasteiger partial charge in [0.15, 0.2) is 0 Å². The summed E-state index contributed by atoms with van der Waals surface area (Å²) in [4.78, 5) is 15.0. The van der Waals surface area contributed by atoms with Crippen molar-refractivity contribution in [3.05, 3.63) is 0 Å². The van der Waals surface area contributed by atoms with Gasteiger partial charge in [0.05, 0.1) is 0 Å². The second-order valence-electron chi connectivity index (χ2n) is 3.44. The first-order valence-electron chi connectivity index (χ1n) is 4.96. The smallest absolute Gasteiger partial charge is 0.319 e. The van der Waals surface area contributed by atoms with Crippen LogP contribution in [0, 0.1) is 0 Å². The Labute approximate surface area is 79.9 Å². The van der Waals surface area contributed by atoms with Crippen LogP contribution in [-0.4, -0.2) is 55.6 Å². The second kappa shape index (κ2) is 5.07. The minimum Gasteiger partial charge on any atom is -0.326 e. The normalized spacial score (nSPS) is 17.2. The van der Waals surface area contributed by atoms with Gasteiger partial charge in [-0.1, -0.05) is 6.92 Å². The Hall–Kier alpha value is -0.770. The van der Waals surface area contributed by atoms with Gasteiger partial charge in [0.25, 0.3) is 0 Å². The van der Waals surface area contributed by atoms with Crippen LogP contribution in [-0.2, 0) is 0 Å². The van der Waals surface area contributed by atoms with Crippen molar-refractivity contribution in [3.63, 3.8) is 0 Å². The molecule has 4 heteroatoms. The number of nitrogens with zero attached hydrogens (tertiary/aromatic N) is 2. The van der Waals surface area contributed by atoms with Crippen LogP contribution in [0.25, 0.3) is 0 Å². The van der Waals surface area contributed by atoms with E-state index in [0.717, 1.165) is 39.1 Å².